The topological polar surface area (TPSA) is 140 Å². The van der Waals surface area contributed by atoms with E-state index in [1.165, 1.54) is 23.8 Å². The highest BCUT2D eigenvalue weighted by Crippen LogP contribution is 2.28. The van der Waals surface area contributed by atoms with Crippen LogP contribution in [-0.2, 0) is 63.3 Å². The molecule has 54 heavy (non-hydrogen) atoms. The molecular formula is C40H68O14. The lowest BCUT2D eigenvalue weighted by atomic mass is 10.00. The Morgan fingerprint density at radius 3 is 1.04 bits per heavy atom. The molecule has 0 aliphatic rings. The number of unbranched alkanes of at least 4 members (excludes halogenated alkanes) is 1. The van der Waals surface area contributed by atoms with Gasteiger partial charge in [-0.25, -0.2) is 0 Å². The molecule has 0 saturated heterocycles. The smallest absolute Gasteiger partial charge is 0.127 e. The Bertz CT molecular complexity index is 1080. The first kappa shape index (κ1) is 48.1. The highest BCUT2D eigenvalue weighted by Gasteiger charge is 2.06. The van der Waals surface area contributed by atoms with Crippen LogP contribution in [0.25, 0.3) is 10.8 Å². The molecule has 0 radical (unpaired) electrons. The number of rotatable bonds is 42. The van der Waals surface area contributed by atoms with E-state index >= 15 is 0 Å². The molecule has 0 unspecified atom stereocenters. The summed E-state index contributed by atoms with van der Waals surface area (Å²) in [6.07, 6.45) is 3.46. The molecule has 0 spiro atoms. The Hall–Kier alpha value is -2.02. The summed E-state index contributed by atoms with van der Waals surface area (Å²) in [6.45, 7) is 14.6. The van der Waals surface area contributed by atoms with Crippen LogP contribution in [0.2, 0.25) is 0 Å². The van der Waals surface area contributed by atoms with Gasteiger partial charge in [0.05, 0.1) is 165 Å². The van der Waals surface area contributed by atoms with Crippen molar-refractivity contribution < 1.29 is 66.7 Å². The minimum Gasteiger partial charge on any atom is -0.491 e. The summed E-state index contributed by atoms with van der Waals surface area (Å²) in [5.74, 6) is 0.901. The number of ether oxygens (including phenoxy) is 13. The molecule has 14 nitrogen and oxygen atoms in total. The van der Waals surface area contributed by atoms with Crippen LogP contribution in [-0.4, -0.2) is 177 Å². The van der Waals surface area contributed by atoms with Gasteiger partial charge in [-0.1, -0.05) is 43.7 Å². The van der Waals surface area contributed by atoms with E-state index in [2.05, 4.69) is 37.3 Å². The molecule has 2 aromatic rings. The lowest BCUT2D eigenvalue weighted by molar-refractivity contribution is -0.0287. The van der Waals surface area contributed by atoms with Gasteiger partial charge in [-0.3, -0.25) is 0 Å². The molecule has 2 rings (SSSR count). The van der Waals surface area contributed by atoms with Gasteiger partial charge in [-0.2, -0.15) is 0 Å². The molecule has 0 saturated carbocycles. The molecule has 2 aromatic carbocycles. The maximum absolute atomic E-state index is 8.59. The fourth-order valence-electron chi connectivity index (χ4n) is 4.85. The fourth-order valence-corrected chi connectivity index (χ4v) is 4.85. The van der Waals surface area contributed by atoms with Gasteiger partial charge in [0.1, 0.15) is 12.4 Å². The maximum Gasteiger partial charge on any atom is 0.127 e. The first-order valence-corrected chi connectivity index (χ1v) is 19.5. The minimum absolute atomic E-state index is 0.0236. The van der Waals surface area contributed by atoms with Crippen molar-refractivity contribution >= 4 is 10.8 Å². The van der Waals surface area contributed by atoms with E-state index in [0.29, 0.717) is 165 Å². The third-order valence-electron chi connectivity index (χ3n) is 7.58. The van der Waals surface area contributed by atoms with Crippen molar-refractivity contribution in [3.05, 3.63) is 42.0 Å². The van der Waals surface area contributed by atoms with Gasteiger partial charge in [0.15, 0.2) is 0 Å². The molecular weight excluding hydrogens is 704 g/mol. The summed E-state index contributed by atoms with van der Waals surface area (Å²) in [5.41, 5.74) is 1.38. The number of fused-ring (bicyclic) bond motifs is 1. The van der Waals surface area contributed by atoms with Crippen molar-refractivity contribution in [1.29, 1.82) is 0 Å². The summed E-state index contributed by atoms with van der Waals surface area (Å²) in [7, 11) is 0. The highest BCUT2D eigenvalue weighted by molar-refractivity contribution is 5.91. The molecule has 0 amide bonds. The summed E-state index contributed by atoms with van der Waals surface area (Å²) >= 11 is 0. The van der Waals surface area contributed by atoms with Crippen molar-refractivity contribution in [2.75, 3.05) is 172 Å². The second kappa shape index (κ2) is 37.9. The van der Waals surface area contributed by atoms with Crippen LogP contribution in [0, 0.1) is 0 Å². The van der Waals surface area contributed by atoms with Crippen molar-refractivity contribution in [3.63, 3.8) is 0 Å². The fraction of sp³-hybridized carbons (Fsp3) is 0.750. The van der Waals surface area contributed by atoms with Gasteiger partial charge >= 0.3 is 0 Å². The first-order valence-electron chi connectivity index (χ1n) is 19.5. The zero-order valence-corrected chi connectivity index (χ0v) is 32.7. The van der Waals surface area contributed by atoms with E-state index < -0.39 is 0 Å². The van der Waals surface area contributed by atoms with E-state index in [1.807, 2.05) is 6.07 Å². The second-order valence-corrected chi connectivity index (χ2v) is 11.8. The van der Waals surface area contributed by atoms with Gasteiger partial charge in [0.2, 0.25) is 0 Å². The number of aryl methyl sites for hydroxylation is 1. The second-order valence-electron chi connectivity index (χ2n) is 11.8. The Morgan fingerprint density at radius 2 is 0.685 bits per heavy atom. The quantitative estimate of drug-likeness (QED) is 0.0980. The molecule has 0 atom stereocenters. The number of aliphatic hydroxyl groups is 1. The van der Waals surface area contributed by atoms with E-state index in [0.717, 1.165) is 17.6 Å². The van der Waals surface area contributed by atoms with Gasteiger partial charge in [0.25, 0.3) is 0 Å². The summed E-state index contributed by atoms with van der Waals surface area (Å²) < 4.78 is 71.6. The third-order valence-corrected chi connectivity index (χ3v) is 7.58. The predicted molar refractivity (Wildman–Crippen MR) is 205 cm³/mol. The molecule has 14 heteroatoms. The van der Waals surface area contributed by atoms with Crippen LogP contribution in [0.1, 0.15) is 25.3 Å². The van der Waals surface area contributed by atoms with Crippen molar-refractivity contribution in [2.45, 2.75) is 26.2 Å². The zero-order chi connectivity index (χ0) is 38.3. The average Bonchev–Trinajstić information content (AvgIpc) is 3.19. The summed E-state index contributed by atoms with van der Waals surface area (Å²) in [5, 5.41) is 11.0. The predicted octanol–water partition coefficient (Wildman–Crippen LogP) is 3.75. The number of aliphatic hydroxyl groups excluding tert-OH is 1. The van der Waals surface area contributed by atoms with Gasteiger partial charge < -0.3 is 66.7 Å². The Kier molecular flexibility index (Phi) is 33.8. The monoisotopic (exact) mass is 772 g/mol. The maximum atomic E-state index is 8.59. The number of hydrogen-bond donors (Lipinski definition) is 1. The van der Waals surface area contributed by atoms with E-state index in [4.69, 9.17) is 66.7 Å². The van der Waals surface area contributed by atoms with Crippen molar-refractivity contribution in [1.82, 2.24) is 0 Å². The van der Waals surface area contributed by atoms with E-state index in [9.17, 15) is 0 Å². The minimum atomic E-state index is 0.0236. The SMILES string of the molecule is CCCCc1cccc2c(OCCOCCOCCOCCOCCOCCOCCOCCOCCOCCOCCOCCOCCO)cccc12. The molecule has 0 aromatic heterocycles. The molecule has 0 heterocycles. The van der Waals surface area contributed by atoms with Gasteiger partial charge in [-0.05, 0) is 29.9 Å². The Balaban J connectivity index is 1.20. The van der Waals surface area contributed by atoms with Crippen LogP contribution in [0.3, 0.4) is 0 Å². The van der Waals surface area contributed by atoms with Gasteiger partial charge in [-0.15, -0.1) is 0 Å². The van der Waals surface area contributed by atoms with Crippen molar-refractivity contribution in [3.8, 4) is 5.75 Å². The lowest BCUT2D eigenvalue weighted by Gasteiger charge is -2.12. The van der Waals surface area contributed by atoms with Crippen LogP contribution in [0.15, 0.2) is 36.4 Å². The molecule has 0 aliphatic carbocycles. The summed E-state index contributed by atoms with van der Waals surface area (Å²) in [6, 6.07) is 12.7. The van der Waals surface area contributed by atoms with Crippen LogP contribution >= 0.6 is 0 Å². The highest BCUT2D eigenvalue weighted by atomic mass is 16.6. The molecule has 0 bridgehead atoms. The van der Waals surface area contributed by atoms with Crippen molar-refractivity contribution in [2.24, 2.45) is 0 Å². The number of benzene rings is 2. The molecule has 0 fully saturated rings. The van der Waals surface area contributed by atoms with Crippen LogP contribution < -0.4 is 4.74 Å². The largest absolute Gasteiger partial charge is 0.491 e. The normalized spacial score (nSPS) is 11.6. The van der Waals surface area contributed by atoms with Crippen LogP contribution in [0.5, 0.6) is 5.75 Å². The molecule has 312 valence electrons. The first-order chi connectivity index (χ1) is 26.9. The van der Waals surface area contributed by atoms with E-state index in [-0.39, 0.29) is 6.61 Å². The molecule has 0 aliphatic heterocycles. The Morgan fingerprint density at radius 1 is 0.370 bits per heavy atom. The van der Waals surface area contributed by atoms with Gasteiger partial charge in [0, 0.05) is 5.39 Å². The standard InChI is InChI=1S/C40H68O14/c1-2-3-6-37-7-4-9-39-38(37)8-5-10-40(39)54-36-35-53-34-33-52-32-31-51-30-29-50-28-27-49-26-25-48-24-23-47-22-21-46-20-19-45-18-17-44-16-15-43-14-13-42-12-11-41/h4-5,7-10,41H,2-3,6,11-36H2,1H3. The van der Waals surface area contributed by atoms with Crippen LogP contribution in [0.4, 0.5) is 0 Å². The average molecular weight is 773 g/mol. The number of hydrogen-bond acceptors (Lipinski definition) is 14. The summed E-state index contributed by atoms with van der Waals surface area (Å²) in [4.78, 5) is 0. The Labute approximate surface area is 322 Å². The lowest BCUT2D eigenvalue weighted by Crippen LogP contribution is -2.15. The molecule has 1 N–H and O–H groups in total. The van der Waals surface area contributed by atoms with E-state index in [1.54, 1.807) is 0 Å². The zero-order valence-electron chi connectivity index (χ0n) is 32.7. The third kappa shape index (κ3) is 27.5.